The lowest BCUT2D eigenvalue weighted by Crippen LogP contribution is -2.28. The molecule has 0 aromatic heterocycles. The molecule has 2 rings (SSSR count). The van der Waals surface area contributed by atoms with Crippen LogP contribution >= 0.6 is 11.6 Å². The molecule has 0 heterocycles. The minimum absolute atomic E-state index is 0.0592. The zero-order valence-electron chi connectivity index (χ0n) is 9.62. The topological polar surface area (TPSA) is 58.2 Å². The zero-order valence-corrected chi connectivity index (χ0v) is 11.2. The van der Waals surface area contributed by atoms with E-state index in [0.717, 1.165) is 18.9 Å². The van der Waals surface area contributed by atoms with Crippen molar-refractivity contribution in [2.24, 2.45) is 0 Å². The highest BCUT2D eigenvalue weighted by Gasteiger charge is 2.21. The normalized spacial score (nSPS) is 15.7. The smallest absolute Gasteiger partial charge is 0.234 e. The number of hydrogen-bond acceptors (Lipinski definition) is 3. The van der Waals surface area contributed by atoms with E-state index in [1.807, 2.05) is 0 Å². The van der Waals surface area contributed by atoms with Crippen molar-refractivity contribution in [1.82, 2.24) is 5.32 Å². The number of sulfonamides is 1. The van der Waals surface area contributed by atoms with E-state index in [2.05, 4.69) is 10.0 Å². The first-order valence-electron chi connectivity index (χ1n) is 5.65. The van der Waals surface area contributed by atoms with Crippen LogP contribution in [0.2, 0.25) is 5.02 Å². The van der Waals surface area contributed by atoms with Crippen LogP contribution in [0, 0.1) is 5.82 Å². The van der Waals surface area contributed by atoms with Gasteiger partial charge in [0, 0.05) is 12.6 Å². The van der Waals surface area contributed by atoms with Crippen molar-refractivity contribution in [2.45, 2.75) is 18.9 Å². The molecule has 0 saturated heterocycles. The number of rotatable bonds is 6. The van der Waals surface area contributed by atoms with Crippen LogP contribution in [0.25, 0.3) is 0 Å². The molecule has 0 radical (unpaired) electrons. The van der Waals surface area contributed by atoms with Gasteiger partial charge in [-0.05, 0) is 31.0 Å². The van der Waals surface area contributed by atoms with Crippen LogP contribution in [0.3, 0.4) is 0 Å². The van der Waals surface area contributed by atoms with Crippen molar-refractivity contribution in [1.29, 1.82) is 0 Å². The van der Waals surface area contributed by atoms with Gasteiger partial charge in [-0.25, -0.2) is 12.8 Å². The van der Waals surface area contributed by atoms with E-state index in [4.69, 9.17) is 11.6 Å². The summed E-state index contributed by atoms with van der Waals surface area (Å²) in [5.41, 5.74) is 0.0723. The highest BCUT2D eigenvalue weighted by Crippen LogP contribution is 2.23. The third-order valence-electron chi connectivity index (χ3n) is 2.58. The fourth-order valence-electron chi connectivity index (χ4n) is 1.48. The van der Waals surface area contributed by atoms with E-state index >= 15 is 0 Å². The first-order chi connectivity index (χ1) is 8.46. The van der Waals surface area contributed by atoms with Gasteiger partial charge in [0.25, 0.3) is 0 Å². The maximum Gasteiger partial charge on any atom is 0.234 e. The summed E-state index contributed by atoms with van der Waals surface area (Å²) >= 11 is 5.79. The Kier molecular flexibility index (Phi) is 4.09. The molecule has 1 aromatic rings. The molecular formula is C11H14ClFN2O2S. The summed E-state index contributed by atoms with van der Waals surface area (Å²) in [7, 11) is -3.51. The Morgan fingerprint density at radius 3 is 2.78 bits per heavy atom. The molecule has 0 bridgehead atoms. The van der Waals surface area contributed by atoms with Crippen molar-refractivity contribution in [3.63, 3.8) is 0 Å². The van der Waals surface area contributed by atoms with Gasteiger partial charge in [-0.15, -0.1) is 0 Å². The Morgan fingerprint density at radius 1 is 1.39 bits per heavy atom. The second-order valence-corrected chi connectivity index (χ2v) is 6.52. The predicted molar refractivity (Wildman–Crippen MR) is 69.8 cm³/mol. The molecule has 1 fully saturated rings. The summed E-state index contributed by atoms with van der Waals surface area (Å²) in [5, 5.41) is 3.27. The van der Waals surface area contributed by atoms with Crippen molar-refractivity contribution >= 4 is 27.3 Å². The highest BCUT2D eigenvalue weighted by atomic mass is 35.5. The van der Waals surface area contributed by atoms with Crippen LogP contribution in [-0.2, 0) is 10.0 Å². The molecule has 1 saturated carbocycles. The van der Waals surface area contributed by atoms with Gasteiger partial charge in [0.05, 0.1) is 16.5 Å². The van der Waals surface area contributed by atoms with Crippen LogP contribution in [0.4, 0.5) is 10.1 Å². The van der Waals surface area contributed by atoms with Gasteiger partial charge in [0.2, 0.25) is 10.0 Å². The first-order valence-corrected chi connectivity index (χ1v) is 7.68. The third kappa shape index (κ3) is 4.12. The number of nitrogens with one attached hydrogen (secondary N) is 2. The largest absolute Gasteiger partial charge is 0.313 e. The molecule has 18 heavy (non-hydrogen) atoms. The molecule has 2 N–H and O–H groups in total. The summed E-state index contributed by atoms with van der Waals surface area (Å²) in [6, 6.07) is 4.01. The van der Waals surface area contributed by atoms with Crippen LogP contribution in [-0.4, -0.2) is 26.8 Å². The van der Waals surface area contributed by atoms with Crippen molar-refractivity contribution in [2.75, 3.05) is 17.0 Å². The van der Waals surface area contributed by atoms with E-state index in [1.165, 1.54) is 12.1 Å². The second kappa shape index (κ2) is 5.42. The first kappa shape index (κ1) is 13.6. The average molecular weight is 293 g/mol. The lowest BCUT2D eigenvalue weighted by atomic mass is 10.3. The fourth-order valence-corrected chi connectivity index (χ4v) is 2.69. The van der Waals surface area contributed by atoms with Gasteiger partial charge in [0.1, 0.15) is 5.82 Å². The number of hydrogen-bond donors (Lipinski definition) is 2. The highest BCUT2D eigenvalue weighted by molar-refractivity contribution is 7.92. The van der Waals surface area contributed by atoms with Gasteiger partial charge in [-0.3, -0.25) is 4.72 Å². The second-order valence-electron chi connectivity index (χ2n) is 4.27. The van der Waals surface area contributed by atoms with Crippen molar-refractivity contribution in [3.05, 3.63) is 29.0 Å². The van der Waals surface area contributed by atoms with E-state index in [1.54, 1.807) is 0 Å². The Bertz CT molecular complexity index is 532. The zero-order chi connectivity index (χ0) is 13.2. The molecule has 0 unspecified atom stereocenters. The minimum Gasteiger partial charge on any atom is -0.313 e. The summed E-state index contributed by atoms with van der Waals surface area (Å²) in [6.45, 7) is 0.382. The maximum absolute atomic E-state index is 13.0. The minimum atomic E-state index is -3.51. The van der Waals surface area contributed by atoms with E-state index in [9.17, 15) is 12.8 Å². The Hall–Kier alpha value is -0.850. The Balaban J connectivity index is 1.95. The molecule has 1 aliphatic carbocycles. The SMILES string of the molecule is O=S(=O)(CCNC1CC1)Nc1cc(F)ccc1Cl. The van der Waals surface area contributed by atoms with Crippen molar-refractivity contribution < 1.29 is 12.8 Å². The summed E-state index contributed by atoms with van der Waals surface area (Å²) in [6.07, 6.45) is 2.20. The van der Waals surface area contributed by atoms with Crippen LogP contribution in [0.1, 0.15) is 12.8 Å². The average Bonchev–Trinajstić information content (AvgIpc) is 3.07. The van der Waals surface area contributed by atoms with Crippen LogP contribution in [0.5, 0.6) is 0 Å². The lowest BCUT2D eigenvalue weighted by molar-refractivity contribution is 0.595. The fraction of sp³-hybridized carbons (Fsp3) is 0.455. The van der Waals surface area contributed by atoms with E-state index < -0.39 is 15.8 Å². The van der Waals surface area contributed by atoms with Gasteiger partial charge in [-0.1, -0.05) is 11.6 Å². The van der Waals surface area contributed by atoms with Crippen LogP contribution < -0.4 is 10.0 Å². The Morgan fingerprint density at radius 2 is 2.11 bits per heavy atom. The number of benzene rings is 1. The number of halogens is 2. The Labute approximate surface area is 111 Å². The van der Waals surface area contributed by atoms with Crippen molar-refractivity contribution in [3.8, 4) is 0 Å². The van der Waals surface area contributed by atoms with Gasteiger partial charge in [-0.2, -0.15) is 0 Å². The standard InChI is InChI=1S/C11H14ClFN2O2S/c12-10-4-1-8(13)7-11(10)15-18(16,17)6-5-14-9-2-3-9/h1,4,7,9,14-15H,2-3,5-6H2. The molecule has 1 aromatic carbocycles. The van der Waals surface area contributed by atoms with Gasteiger partial charge in [0.15, 0.2) is 0 Å². The molecule has 1 aliphatic rings. The summed E-state index contributed by atoms with van der Waals surface area (Å²) in [4.78, 5) is 0. The number of anilines is 1. The van der Waals surface area contributed by atoms with Gasteiger partial charge < -0.3 is 5.32 Å². The third-order valence-corrected chi connectivity index (χ3v) is 4.18. The quantitative estimate of drug-likeness (QED) is 0.843. The van der Waals surface area contributed by atoms with Crippen LogP contribution in [0.15, 0.2) is 18.2 Å². The predicted octanol–water partition coefficient (Wildman–Crippen LogP) is 1.97. The molecule has 4 nitrogen and oxygen atoms in total. The summed E-state index contributed by atoms with van der Waals surface area (Å²) < 4.78 is 38.7. The van der Waals surface area contributed by atoms with Gasteiger partial charge >= 0.3 is 0 Å². The summed E-state index contributed by atoms with van der Waals surface area (Å²) in [5.74, 6) is -0.593. The molecule has 7 heteroatoms. The monoisotopic (exact) mass is 292 g/mol. The molecule has 0 aliphatic heterocycles. The molecule has 0 atom stereocenters. The van der Waals surface area contributed by atoms with E-state index in [0.29, 0.717) is 12.6 Å². The van der Waals surface area contributed by atoms with E-state index in [-0.39, 0.29) is 16.5 Å². The molecule has 0 spiro atoms. The lowest BCUT2D eigenvalue weighted by Gasteiger charge is -2.10. The molecule has 0 amide bonds. The molecular weight excluding hydrogens is 279 g/mol. The maximum atomic E-state index is 13.0. The molecule has 100 valence electrons.